The van der Waals surface area contributed by atoms with Gasteiger partial charge in [-0.25, -0.2) is 15.0 Å². The molecule has 0 unspecified atom stereocenters. The van der Waals surface area contributed by atoms with E-state index < -0.39 is 0 Å². The van der Waals surface area contributed by atoms with Crippen molar-refractivity contribution in [3.63, 3.8) is 0 Å². The van der Waals surface area contributed by atoms with Crippen LogP contribution in [0.15, 0.2) is 37.3 Å². The van der Waals surface area contributed by atoms with Gasteiger partial charge in [0.2, 0.25) is 5.95 Å². The van der Waals surface area contributed by atoms with E-state index in [2.05, 4.69) is 33.9 Å². The summed E-state index contributed by atoms with van der Waals surface area (Å²) in [6.45, 7) is 4.26. The van der Waals surface area contributed by atoms with E-state index in [-0.39, 0.29) is 0 Å². The lowest BCUT2D eigenvalue weighted by molar-refractivity contribution is 0.713. The average molecular weight is 268 g/mol. The average Bonchev–Trinajstić information content (AvgIpc) is 3.08. The van der Waals surface area contributed by atoms with E-state index in [1.54, 1.807) is 17.1 Å². The molecule has 0 amide bonds. The summed E-state index contributed by atoms with van der Waals surface area (Å²) in [6, 6.07) is 0. The molecule has 0 radical (unpaired) electrons. The fourth-order valence-corrected chi connectivity index (χ4v) is 2.13. The van der Waals surface area contributed by atoms with Crippen LogP contribution in [0.2, 0.25) is 0 Å². The summed E-state index contributed by atoms with van der Waals surface area (Å²) in [4.78, 5) is 12.8. The first-order chi connectivity index (χ1) is 9.65. The fourth-order valence-electron chi connectivity index (χ4n) is 2.13. The van der Waals surface area contributed by atoms with E-state index >= 15 is 0 Å². The summed E-state index contributed by atoms with van der Waals surface area (Å²) in [6.07, 6.45) is 10.9. The van der Waals surface area contributed by atoms with E-state index in [1.807, 2.05) is 36.5 Å². The van der Waals surface area contributed by atoms with Crippen molar-refractivity contribution >= 4 is 0 Å². The summed E-state index contributed by atoms with van der Waals surface area (Å²) in [5, 5.41) is 4.50. The van der Waals surface area contributed by atoms with Gasteiger partial charge in [0.15, 0.2) is 0 Å². The molecule has 3 aromatic heterocycles. The molecule has 3 rings (SSSR count). The molecule has 0 saturated heterocycles. The van der Waals surface area contributed by atoms with Crippen LogP contribution in [0, 0.1) is 0 Å². The van der Waals surface area contributed by atoms with Gasteiger partial charge >= 0.3 is 0 Å². The Kier molecular flexibility index (Phi) is 3.06. The molecule has 0 atom stereocenters. The van der Waals surface area contributed by atoms with Gasteiger partial charge in [0.1, 0.15) is 6.33 Å². The predicted octanol–water partition coefficient (Wildman–Crippen LogP) is 2.19. The summed E-state index contributed by atoms with van der Waals surface area (Å²) >= 11 is 0. The fraction of sp³-hybridized carbons (Fsp3) is 0.286. The SMILES string of the molecule is CC(C)c1nn(C)cc1-c1cnc(-n2ccnc2)nc1. The third kappa shape index (κ3) is 2.20. The third-order valence-electron chi connectivity index (χ3n) is 3.09. The minimum absolute atomic E-state index is 0.361. The zero-order chi connectivity index (χ0) is 14.1. The molecular weight excluding hydrogens is 252 g/mol. The molecule has 0 aliphatic carbocycles. The number of imidazole rings is 1. The highest BCUT2D eigenvalue weighted by Crippen LogP contribution is 2.27. The minimum Gasteiger partial charge on any atom is -0.275 e. The molecule has 0 spiro atoms. The third-order valence-corrected chi connectivity index (χ3v) is 3.09. The maximum absolute atomic E-state index is 4.50. The number of aryl methyl sites for hydroxylation is 1. The molecule has 6 nitrogen and oxygen atoms in total. The Morgan fingerprint density at radius 2 is 1.90 bits per heavy atom. The summed E-state index contributed by atoms with van der Waals surface area (Å²) < 4.78 is 3.60. The van der Waals surface area contributed by atoms with Crippen molar-refractivity contribution < 1.29 is 0 Å². The normalized spacial score (nSPS) is 11.2. The topological polar surface area (TPSA) is 61.4 Å². The molecule has 0 bridgehead atoms. The lowest BCUT2D eigenvalue weighted by Crippen LogP contribution is -1.98. The molecule has 0 fully saturated rings. The molecule has 0 N–H and O–H groups in total. The Balaban J connectivity index is 1.99. The Labute approximate surface area is 117 Å². The van der Waals surface area contributed by atoms with Crippen LogP contribution >= 0.6 is 0 Å². The van der Waals surface area contributed by atoms with Crippen LogP contribution < -0.4 is 0 Å². The van der Waals surface area contributed by atoms with E-state index in [1.165, 1.54) is 0 Å². The van der Waals surface area contributed by atoms with Gasteiger partial charge < -0.3 is 0 Å². The molecule has 0 aliphatic heterocycles. The van der Waals surface area contributed by atoms with E-state index in [0.29, 0.717) is 11.9 Å². The van der Waals surface area contributed by atoms with Crippen molar-refractivity contribution in [1.29, 1.82) is 0 Å². The lowest BCUT2D eigenvalue weighted by Gasteiger charge is -2.05. The zero-order valence-corrected chi connectivity index (χ0v) is 11.7. The number of aromatic nitrogens is 6. The van der Waals surface area contributed by atoms with Gasteiger partial charge in [-0.15, -0.1) is 0 Å². The van der Waals surface area contributed by atoms with E-state index in [4.69, 9.17) is 0 Å². The van der Waals surface area contributed by atoms with Gasteiger partial charge in [0.25, 0.3) is 0 Å². The van der Waals surface area contributed by atoms with Gasteiger partial charge in [-0.05, 0) is 5.92 Å². The summed E-state index contributed by atoms with van der Waals surface area (Å²) in [7, 11) is 1.93. The molecule has 0 aromatic carbocycles. The van der Waals surface area contributed by atoms with Crippen molar-refractivity contribution in [3.05, 3.63) is 43.0 Å². The smallest absolute Gasteiger partial charge is 0.234 e. The van der Waals surface area contributed by atoms with Crippen LogP contribution in [0.4, 0.5) is 0 Å². The second kappa shape index (κ2) is 4.88. The van der Waals surface area contributed by atoms with Gasteiger partial charge in [0, 0.05) is 49.2 Å². The second-order valence-electron chi connectivity index (χ2n) is 5.00. The molecule has 3 heterocycles. The van der Waals surface area contributed by atoms with Gasteiger partial charge in [-0.1, -0.05) is 13.8 Å². The first kappa shape index (κ1) is 12.5. The molecule has 20 heavy (non-hydrogen) atoms. The van der Waals surface area contributed by atoms with Crippen LogP contribution in [0.3, 0.4) is 0 Å². The first-order valence-electron chi connectivity index (χ1n) is 6.49. The Morgan fingerprint density at radius 1 is 1.15 bits per heavy atom. The molecule has 6 heteroatoms. The van der Waals surface area contributed by atoms with Crippen molar-refractivity contribution in [2.45, 2.75) is 19.8 Å². The highest BCUT2D eigenvalue weighted by molar-refractivity contribution is 5.64. The molecule has 102 valence electrons. The molecular formula is C14H16N6. The first-order valence-corrected chi connectivity index (χ1v) is 6.49. The van der Waals surface area contributed by atoms with Gasteiger partial charge in [0.05, 0.1) is 5.69 Å². The minimum atomic E-state index is 0.361. The van der Waals surface area contributed by atoms with Crippen molar-refractivity contribution in [2.75, 3.05) is 0 Å². The molecule has 0 saturated carbocycles. The summed E-state index contributed by atoms with van der Waals surface area (Å²) in [5.74, 6) is 0.973. The lowest BCUT2D eigenvalue weighted by atomic mass is 10.0. The van der Waals surface area contributed by atoms with Crippen LogP contribution in [0.25, 0.3) is 17.1 Å². The predicted molar refractivity (Wildman–Crippen MR) is 75.4 cm³/mol. The van der Waals surface area contributed by atoms with E-state index in [9.17, 15) is 0 Å². The largest absolute Gasteiger partial charge is 0.275 e. The van der Waals surface area contributed by atoms with Crippen LogP contribution in [0.5, 0.6) is 0 Å². The standard InChI is InChI=1S/C14H16N6/c1-10(2)13-12(8-19(3)18-13)11-6-16-14(17-7-11)20-5-4-15-9-20/h4-10H,1-3H3. The Bertz CT molecular complexity index is 694. The number of hydrogen-bond acceptors (Lipinski definition) is 4. The summed E-state index contributed by atoms with van der Waals surface area (Å²) in [5.41, 5.74) is 3.12. The van der Waals surface area contributed by atoms with Crippen molar-refractivity contribution in [1.82, 2.24) is 29.3 Å². The Morgan fingerprint density at radius 3 is 2.50 bits per heavy atom. The van der Waals surface area contributed by atoms with Gasteiger partial charge in [-0.2, -0.15) is 5.10 Å². The van der Waals surface area contributed by atoms with Crippen LogP contribution in [-0.4, -0.2) is 29.3 Å². The quantitative estimate of drug-likeness (QED) is 0.730. The highest BCUT2D eigenvalue weighted by Gasteiger charge is 2.14. The van der Waals surface area contributed by atoms with Gasteiger partial charge in [-0.3, -0.25) is 9.25 Å². The monoisotopic (exact) mass is 268 g/mol. The van der Waals surface area contributed by atoms with Crippen LogP contribution in [0.1, 0.15) is 25.5 Å². The number of nitrogens with zero attached hydrogens (tertiary/aromatic N) is 6. The maximum Gasteiger partial charge on any atom is 0.234 e. The number of hydrogen-bond donors (Lipinski definition) is 0. The maximum atomic E-state index is 4.50. The van der Waals surface area contributed by atoms with Crippen molar-refractivity contribution in [3.8, 4) is 17.1 Å². The zero-order valence-electron chi connectivity index (χ0n) is 11.7. The second-order valence-corrected chi connectivity index (χ2v) is 5.00. The van der Waals surface area contributed by atoms with E-state index in [0.717, 1.165) is 16.8 Å². The number of rotatable bonds is 3. The van der Waals surface area contributed by atoms with Crippen LogP contribution in [-0.2, 0) is 7.05 Å². The molecule has 3 aromatic rings. The Hall–Kier alpha value is -2.50. The highest BCUT2D eigenvalue weighted by atomic mass is 15.3. The molecule has 0 aliphatic rings. The van der Waals surface area contributed by atoms with Crippen molar-refractivity contribution in [2.24, 2.45) is 7.05 Å².